The van der Waals surface area contributed by atoms with Crippen molar-refractivity contribution >= 4 is 28.3 Å². The molecule has 0 amide bonds. The minimum atomic E-state index is -0.190. The van der Waals surface area contributed by atoms with Crippen molar-refractivity contribution in [2.24, 2.45) is 5.16 Å². The fourth-order valence-corrected chi connectivity index (χ4v) is 3.23. The molecule has 0 atom stereocenters. The summed E-state index contributed by atoms with van der Waals surface area (Å²) in [6.45, 7) is 1.36. The third-order valence-electron chi connectivity index (χ3n) is 4.31. The van der Waals surface area contributed by atoms with Crippen LogP contribution in [0.15, 0.2) is 46.5 Å². The smallest absolute Gasteiger partial charge is 0.267 e. The average molecular weight is 384 g/mol. The number of hydrogen-bond donors (Lipinski definition) is 0. The Morgan fingerprint density at radius 2 is 2.15 bits per heavy atom. The molecule has 0 N–H and O–H groups in total. The number of pyridine rings is 1. The van der Waals surface area contributed by atoms with Gasteiger partial charge in [-0.1, -0.05) is 16.8 Å². The van der Waals surface area contributed by atoms with Crippen LogP contribution in [-0.2, 0) is 4.84 Å². The van der Waals surface area contributed by atoms with Gasteiger partial charge < -0.3 is 9.74 Å². The first-order valence-corrected chi connectivity index (χ1v) is 8.97. The van der Waals surface area contributed by atoms with Crippen LogP contribution in [0.4, 0.5) is 0 Å². The normalized spacial score (nSPS) is 14.0. The third kappa shape index (κ3) is 3.20. The van der Waals surface area contributed by atoms with Gasteiger partial charge in [-0.3, -0.25) is 9.36 Å². The minimum absolute atomic E-state index is 0.190. The topological polar surface area (TPSA) is 72.6 Å². The Morgan fingerprint density at radius 3 is 2.96 bits per heavy atom. The number of aromatic nitrogens is 3. The van der Waals surface area contributed by atoms with E-state index in [0.717, 1.165) is 18.5 Å². The molecule has 1 aromatic carbocycles. The van der Waals surface area contributed by atoms with Gasteiger partial charge in [0.15, 0.2) is 17.2 Å². The van der Waals surface area contributed by atoms with Gasteiger partial charge in [-0.2, -0.15) is 0 Å². The molecular formula is C19H18ClN5O2. The largest absolute Gasteiger partial charge is 0.395 e. The van der Waals surface area contributed by atoms with Gasteiger partial charge in [-0.05, 0) is 50.8 Å². The highest BCUT2D eigenvalue weighted by molar-refractivity contribution is 6.31. The van der Waals surface area contributed by atoms with Crippen molar-refractivity contribution in [3.05, 3.63) is 63.3 Å². The molecule has 0 bridgehead atoms. The summed E-state index contributed by atoms with van der Waals surface area (Å²) in [5.41, 5.74) is 2.09. The van der Waals surface area contributed by atoms with Gasteiger partial charge in [0.25, 0.3) is 5.56 Å². The molecule has 0 unspecified atom stereocenters. The van der Waals surface area contributed by atoms with Gasteiger partial charge in [0.2, 0.25) is 0 Å². The molecule has 2 aromatic heterocycles. The Hall–Kier alpha value is -2.77. The lowest BCUT2D eigenvalue weighted by molar-refractivity contribution is 0.135. The monoisotopic (exact) mass is 383 g/mol. The van der Waals surface area contributed by atoms with E-state index in [1.54, 1.807) is 36.5 Å². The van der Waals surface area contributed by atoms with E-state index in [0.29, 0.717) is 39.9 Å². The van der Waals surface area contributed by atoms with Crippen molar-refractivity contribution in [2.75, 3.05) is 27.2 Å². The third-order valence-corrected chi connectivity index (χ3v) is 4.54. The van der Waals surface area contributed by atoms with E-state index in [2.05, 4.69) is 20.0 Å². The van der Waals surface area contributed by atoms with Gasteiger partial charge in [0.05, 0.1) is 11.1 Å². The molecule has 0 fully saturated rings. The quantitative estimate of drug-likeness (QED) is 0.391. The van der Waals surface area contributed by atoms with Crippen LogP contribution in [0.25, 0.3) is 16.7 Å². The predicted octanol–water partition coefficient (Wildman–Crippen LogP) is 2.47. The second-order valence-corrected chi connectivity index (χ2v) is 6.98. The highest BCUT2D eigenvalue weighted by atomic mass is 35.5. The van der Waals surface area contributed by atoms with Crippen LogP contribution in [0.2, 0.25) is 5.02 Å². The maximum absolute atomic E-state index is 13.0. The van der Waals surface area contributed by atoms with Crippen LogP contribution in [0, 0.1) is 0 Å². The van der Waals surface area contributed by atoms with Crippen molar-refractivity contribution in [3.63, 3.8) is 0 Å². The molecule has 27 heavy (non-hydrogen) atoms. The fraction of sp³-hybridized carbons (Fsp3) is 0.263. The molecule has 7 nitrogen and oxygen atoms in total. The highest BCUT2D eigenvalue weighted by Gasteiger charge is 2.30. The number of fused-ring (bicyclic) bond motifs is 4. The Labute approximate surface area is 160 Å². The van der Waals surface area contributed by atoms with Crippen LogP contribution < -0.4 is 5.56 Å². The summed E-state index contributed by atoms with van der Waals surface area (Å²) >= 11 is 6.17. The second-order valence-electron chi connectivity index (χ2n) is 6.54. The number of rotatable bonds is 5. The molecule has 1 aliphatic rings. The van der Waals surface area contributed by atoms with Gasteiger partial charge in [0.1, 0.15) is 6.61 Å². The molecule has 0 saturated heterocycles. The Kier molecular flexibility index (Phi) is 4.63. The molecule has 3 heterocycles. The predicted molar refractivity (Wildman–Crippen MR) is 105 cm³/mol. The van der Waals surface area contributed by atoms with E-state index in [1.807, 2.05) is 14.1 Å². The standard InChI is InChI=1S/C19H18ClN5O2/c1-24(2)9-4-10-27-23-16-14-11-12(20)6-7-15(14)25-18(16)22-17-13(19(25)26)5-3-8-21-17/h3,5-8,11H,4,9-10H2,1-2H3. The molecule has 0 aliphatic carbocycles. The SMILES string of the molecule is CN(C)CCCON=C1c2cc(Cl)ccc2-n2c1nc1ncccc1c2=O. The van der Waals surface area contributed by atoms with Crippen LogP contribution in [-0.4, -0.2) is 52.4 Å². The van der Waals surface area contributed by atoms with E-state index in [4.69, 9.17) is 16.4 Å². The molecule has 0 radical (unpaired) electrons. The maximum Gasteiger partial charge on any atom is 0.267 e. The molecule has 0 saturated carbocycles. The molecule has 8 heteroatoms. The van der Waals surface area contributed by atoms with Crippen molar-refractivity contribution < 1.29 is 4.84 Å². The molecule has 1 aliphatic heterocycles. The summed E-state index contributed by atoms with van der Waals surface area (Å²) in [5, 5.41) is 5.29. The molecule has 4 rings (SSSR count). The van der Waals surface area contributed by atoms with Crippen LogP contribution in [0.1, 0.15) is 17.8 Å². The Morgan fingerprint density at radius 1 is 1.30 bits per heavy atom. The minimum Gasteiger partial charge on any atom is -0.395 e. The number of benzene rings is 1. The first-order valence-electron chi connectivity index (χ1n) is 8.59. The zero-order valence-corrected chi connectivity index (χ0v) is 15.8. The summed E-state index contributed by atoms with van der Waals surface area (Å²) in [4.78, 5) is 29.4. The Bertz CT molecular complexity index is 1110. The van der Waals surface area contributed by atoms with Crippen molar-refractivity contribution in [3.8, 4) is 5.69 Å². The average Bonchev–Trinajstić information content (AvgIpc) is 2.94. The number of hydrogen-bond acceptors (Lipinski definition) is 6. The molecular weight excluding hydrogens is 366 g/mol. The second kappa shape index (κ2) is 7.09. The lowest BCUT2D eigenvalue weighted by Gasteiger charge is -2.08. The van der Waals surface area contributed by atoms with E-state index in [1.165, 1.54) is 4.57 Å². The van der Waals surface area contributed by atoms with Crippen LogP contribution in [0.5, 0.6) is 0 Å². The van der Waals surface area contributed by atoms with Crippen molar-refractivity contribution in [2.45, 2.75) is 6.42 Å². The summed E-state index contributed by atoms with van der Waals surface area (Å²) in [6, 6.07) is 8.74. The molecule has 3 aromatic rings. The maximum atomic E-state index is 13.0. The molecule has 138 valence electrons. The van der Waals surface area contributed by atoms with Gasteiger partial charge in [0, 0.05) is 23.3 Å². The van der Waals surface area contributed by atoms with Gasteiger partial charge >= 0.3 is 0 Å². The van der Waals surface area contributed by atoms with E-state index in [9.17, 15) is 4.79 Å². The van der Waals surface area contributed by atoms with Crippen molar-refractivity contribution in [1.82, 2.24) is 19.4 Å². The number of halogens is 1. The zero-order chi connectivity index (χ0) is 19.0. The Balaban J connectivity index is 1.81. The van der Waals surface area contributed by atoms with E-state index < -0.39 is 0 Å². The number of nitrogens with zero attached hydrogens (tertiary/aromatic N) is 5. The van der Waals surface area contributed by atoms with E-state index >= 15 is 0 Å². The van der Waals surface area contributed by atoms with Crippen LogP contribution in [0.3, 0.4) is 0 Å². The lowest BCUT2D eigenvalue weighted by atomic mass is 10.1. The first kappa shape index (κ1) is 17.6. The summed E-state index contributed by atoms with van der Waals surface area (Å²) in [6.07, 6.45) is 2.45. The summed E-state index contributed by atoms with van der Waals surface area (Å²) < 4.78 is 1.54. The lowest BCUT2D eigenvalue weighted by Crippen LogP contribution is -2.22. The van der Waals surface area contributed by atoms with Gasteiger partial charge in [-0.25, -0.2) is 9.97 Å². The van der Waals surface area contributed by atoms with Crippen LogP contribution >= 0.6 is 11.6 Å². The summed E-state index contributed by atoms with van der Waals surface area (Å²) in [5.74, 6) is 0.413. The highest BCUT2D eigenvalue weighted by Crippen LogP contribution is 2.29. The zero-order valence-electron chi connectivity index (χ0n) is 15.0. The summed E-state index contributed by atoms with van der Waals surface area (Å²) in [7, 11) is 4.01. The van der Waals surface area contributed by atoms with Crippen molar-refractivity contribution in [1.29, 1.82) is 0 Å². The van der Waals surface area contributed by atoms with Gasteiger partial charge in [-0.15, -0.1) is 0 Å². The number of oxime groups is 1. The fourth-order valence-electron chi connectivity index (χ4n) is 3.06. The van der Waals surface area contributed by atoms with E-state index in [-0.39, 0.29) is 5.56 Å². The molecule has 0 spiro atoms. The first-order chi connectivity index (χ1) is 13.1.